The zero-order valence-electron chi connectivity index (χ0n) is 18.7. The highest BCUT2D eigenvalue weighted by atomic mass is 32.2. The number of carbonyl (C=O) groups is 1. The van der Waals surface area contributed by atoms with Crippen LogP contribution in [0.5, 0.6) is 0 Å². The van der Waals surface area contributed by atoms with Gasteiger partial charge in [-0.25, -0.2) is 0 Å². The van der Waals surface area contributed by atoms with Crippen LogP contribution >= 0.6 is 11.8 Å². The SMILES string of the molecule is CC(Sc1nnc(N2CCOCC2)n1-c1ccccc1)C(=O)NC1CCCC(C)C1C. The quantitative estimate of drug-likeness (QED) is 0.689. The minimum atomic E-state index is -0.256. The molecule has 2 aromatic rings. The Bertz CT molecular complexity index is 868. The molecule has 2 aliphatic rings. The zero-order valence-corrected chi connectivity index (χ0v) is 19.5. The Morgan fingerprint density at radius 3 is 2.65 bits per heavy atom. The van der Waals surface area contributed by atoms with Crippen molar-refractivity contribution in [2.75, 3.05) is 31.2 Å². The molecule has 1 saturated carbocycles. The van der Waals surface area contributed by atoms with Gasteiger partial charge in [-0.3, -0.25) is 9.36 Å². The Labute approximate surface area is 188 Å². The summed E-state index contributed by atoms with van der Waals surface area (Å²) >= 11 is 1.47. The van der Waals surface area contributed by atoms with Crippen molar-refractivity contribution in [2.45, 2.75) is 56.5 Å². The number of hydrogen-bond acceptors (Lipinski definition) is 6. The molecule has 8 heteroatoms. The minimum Gasteiger partial charge on any atom is -0.378 e. The van der Waals surface area contributed by atoms with E-state index in [9.17, 15) is 4.79 Å². The van der Waals surface area contributed by atoms with E-state index in [4.69, 9.17) is 4.74 Å². The van der Waals surface area contributed by atoms with E-state index in [1.807, 2.05) is 37.3 Å². The summed E-state index contributed by atoms with van der Waals surface area (Å²) < 4.78 is 7.56. The number of benzene rings is 1. The number of ether oxygens (including phenoxy) is 1. The molecule has 1 aromatic carbocycles. The van der Waals surface area contributed by atoms with Gasteiger partial charge in [0, 0.05) is 19.1 Å². The molecule has 1 saturated heterocycles. The lowest BCUT2D eigenvalue weighted by atomic mass is 9.78. The fourth-order valence-corrected chi connectivity index (χ4v) is 5.28. The van der Waals surface area contributed by atoms with Gasteiger partial charge in [-0.1, -0.05) is 56.7 Å². The fourth-order valence-electron chi connectivity index (χ4n) is 4.41. The van der Waals surface area contributed by atoms with Gasteiger partial charge in [0.15, 0.2) is 5.16 Å². The number of nitrogens with zero attached hydrogens (tertiary/aromatic N) is 4. The number of hydrogen-bond donors (Lipinski definition) is 1. The molecule has 31 heavy (non-hydrogen) atoms. The number of amides is 1. The Morgan fingerprint density at radius 1 is 1.16 bits per heavy atom. The van der Waals surface area contributed by atoms with Gasteiger partial charge < -0.3 is 15.0 Å². The summed E-state index contributed by atoms with van der Waals surface area (Å²) in [6.07, 6.45) is 3.50. The van der Waals surface area contributed by atoms with Gasteiger partial charge in [0.05, 0.1) is 24.2 Å². The molecule has 0 radical (unpaired) electrons. The molecule has 2 heterocycles. The molecule has 1 N–H and O–H groups in total. The number of rotatable bonds is 6. The minimum absolute atomic E-state index is 0.0754. The van der Waals surface area contributed by atoms with E-state index in [0.717, 1.165) is 36.3 Å². The highest BCUT2D eigenvalue weighted by Gasteiger charge is 2.30. The van der Waals surface area contributed by atoms with Crippen LogP contribution in [0.4, 0.5) is 5.95 Å². The number of thioether (sulfide) groups is 1. The Hall–Kier alpha value is -2.06. The van der Waals surface area contributed by atoms with Gasteiger partial charge in [0.25, 0.3) is 0 Å². The van der Waals surface area contributed by atoms with E-state index < -0.39 is 0 Å². The largest absolute Gasteiger partial charge is 0.378 e. The number of nitrogens with one attached hydrogen (secondary N) is 1. The third kappa shape index (κ3) is 5.06. The average Bonchev–Trinajstić information content (AvgIpc) is 3.21. The maximum absolute atomic E-state index is 13.0. The van der Waals surface area contributed by atoms with E-state index >= 15 is 0 Å². The third-order valence-electron chi connectivity index (χ3n) is 6.61. The summed E-state index contributed by atoms with van der Waals surface area (Å²) in [5.74, 6) is 2.04. The lowest BCUT2D eigenvalue weighted by molar-refractivity contribution is -0.121. The molecule has 4 unspecified atom stereocenters. The van der Waals surface area contributed by atoms with Gasteiger partial charge in [0.1, 0.15) is 0 Å². The molecule has 1 aromatic heterocycles. The topological polar surface area (TPSA) is 72.3 Å². The molecule has 1 aliphatic carbocycles. The van der Waals surface area contributed by atoms with Crippen LogP contribution in [-0.4, -0.2) is 58.3 Å². The molecule has 0 spiro atoms. The molecule has 2 fully saturated rings. The monoisotopic (exact) mass is 443 g/mol. The van der Waals surface area contributed by atoms with Crippen LogP contribution in [0.2, 0.25) is 0 Å². The van der Waals surface area contributed by atoms with Crippen molar-refractivity contribution in [3.63, 3.8) is 0 Å². The molecule has 4 rings (SSSR count). The summed E-state index contributed by atoms with van der Waals surface area (Å²) in [4.78, 5) is 15.2. The first-order chi connectivity index (χ1) is 15.0. The van der Waals surface area contributed by atoms with Gasteiger partial charge in [-0.15, -0.1) is 10.2 Å². The first-order valence-corrected chi connectivity index (χ1v) is 12.2. The number of morpholine rings is 1. The van der Waals surface area contributed by atoms with Crippen LogP contribution in [-0.2, 0) is 9.53 Å². The molecular weight excluding hydrogens is 410 g/mol. The summed E-state index contributed by atoms with van der Waals surface area (Å²) in [6, 6.07) is 10.4. The molecule has 168 valence electrons. The normalized spacial score (nSPS) is 25.3. The first-order valence-electron chi connectivity index (χ1n) is 11.3. The molecule has 0 bridgehead atoms. The smallest absolute Gasteiger partial charge is 0.233 e. The highest BCUT2D eigenvalue weighted by Crippen LogP contribution is 2.32. The Kier molecular flexibility index (Phi) is 7.17. The maximum atomic E-state index is 13.0. The van der Waals surface area contributed by atoms with Crippen LogP contribution in [0, 0.1) is 11.8 Å². The average molecular weight is 444 g/mol. The summed E-state index contributed by atoms with van der Waals surface area (Å²) in [7, 11) is 0. The number of carbonyl (C=O) groups excluding carboxylic acids is 1. The predicted molar refractivity (Wildman–Crippen MR) is 124 cm³/mol. The zero-order chi connectivity index (χ0) is 21.8. The van der Waals surface area contributed by atoms with Crippen LogP contribution < -0.4 is 10.2 Å². The molecule has 1 amide bonds. The van der Waals surface area contributed by atoms with Crippen molar-refractivity contribution >= 4 is 23.6 Å². The van der Waals surface area contributed by atoms with E-state index in [1.54, 1.807) is 0 Å². The highest BCUT2D eigenvalue weighted by molar-refractivity contribution is 8.00. The molecule has 7 nitrogen and oxygen atoms in total. The van der Waals surface area contributed by atoms with Gasteiger partial charge in [-0.2, -0.15) is 0 Å². The van der Waals surface area contributed by atoms with Crippen LogP contribution in [0.15, 0.2) is 35.5 Å². The summed E-state index contributed by atoms with van der Waals surface area (Å²) in [5, 5.41) is 12.8. The lowest BCUT2D eigenvalue weighted by Crippen LogP contribution is -2.46. The second kappa shape index (κ2) is 10.0. The van der Waals surface area contributed by atoms with E-state index in [-0.39, 0.29) is 17.2 Å². The van der Waals surface area contributed by atoms with Crippen LogP contribution in [0.1, 0.15) is 40.0 Å². The summed E-state index contributed by atoms with van der Waals surface area (Å²) in [5.41, 5.74) is 0.999. The van der Waals surface area contributed by atoms with Crippen LogP contribution in [0.3, 0.4) is 0 Å². The number of para-hydroxylation sites is 1. The second-order valence-corrected chi connectivity index (χ2v) is 10.0. The summed E-state index contributed by atoms with van der Waals surface area (Å²) in [6.45, 7) is 9.42. The van der Waals surface area contributed by atoms with Crippen molar-refractivity contribution in [1.29, 1.82) is 0 Å². The lowest BCUT2D eigenvalue weighted by Gasteiger charge is -2.35. The number of anilines is 1. The van der Waals surface area contributed by atoms with Crippen molar-refractivity contribution in [2.24, 2.45) is 11.8 Å². The van der Waals surface area contributed by atoms with Crippen molar-refractivity contribution < 1.29 is 9.53 Å². The van der Waals surface area contributed by atoms with E-state index in [2.05, 4.69) is 38.8 Å². The van der Waals surface area contributed by atoms with Crippen LogP contribution in [0.25, 0.3) is 5.69 Å². The molecule has 4 atom stereocenters. The standard InChI is InChI=1S/C23H33N5O2S/c1-16-8-7-11-20(17(16)2)24-21(29)18(3)31-23-26-25-22(27-12-14-30-15-13-27)28(23)19-9-5-4-6-10-19/h4-6,9-10,16-18,20H,7-8,11-15H2,1-3H3,(H,24,29). The van der Waals surface area contributed by atoms with Gasteiger partial charge >= 0.3 is 0 Å². The van der Waals surface area contributed by atoms with Gasteiger partial charge in [0.2, 0.25) is 11.9 Å². The molecular formula is C23H33N5O2S. The van der Waals surface area contributed by atoms with Crippen molar-refractivity contribution in [3.05, 3.63) is 30.3 Å². The van der Waals surface area contributed by atoms with Crippen molar-refractivity contribution in [3.8, 4) is 5.69 Å². The Balaban J connectivity index is 1.52. The van der Waals surface area contributed by atoms with E-state index in [1.165, 1.54) is 24.6 Å². The van der Waals surface area contributed by atoms with Crippen molar-refractivity contribution in [1.82, 2.24) is 20.1 Å². The Morgan fingerprint density at radius 2 is 1.90 bits per heavy atom. The van der Waals surface area contributed by atoms with Gasteiger partial charge in [-0.05, 0) is 37.3 Å². The molecule has 1 aliphatic heterocycles. The second-order valence-electron chi connectivity index (χ2n) is 8.70. The fraction of sp³-hybridized carbons (Fsp3) is 0.609. The van der Waals surface area contributed by atoms with E-state index in [0.29, 0.717) is 25.0 Å². The third-order valence-corrected chi connectivity index (χ3v) is 7.65. The first kappa shape index (κ1) is 22.1. The predicted octanol–water partition coefficient (Wildman–Crippen LogP) is 3.53. The maximum Gasteiger partial charge on any atom is 0.233 e. The number of aromatic nitrogens is 3.